The topological polar surface area (TPSA) is 82.1 Å². The molecule has 0 bridgehead atoms. The molecule has 0 saturated carbocycles. The van der Waals surface area contributed by atoms with E-state index < -0.39 is 23.8 Å². The maximum atomic E-state index is 12.2. The molecule has 1 aliphatic rings. The Bertz CT molecular complexity index is 798. The molecule has 2 unspecified atom stereocenters. The Morgan fingerprint density at radius 2 is 1.79 bits per heavy atom. The second kappa shape index (κ2) is 6.23. The molecule has 6 nitrogen and oxygen atoms in total. The summed E-state index contributed by atoms with van der Waals surface area (Å²) >= 11 is 0. The number of ether oxygens (including phenoxy) is 3. The first kappa shape index (κ1) is 15.9. The van der Waals surface area contributed by atoms with Crippen molar-refractivity contribution in [3.05, 3.63) is 53.6 Å². The summed E-state index contributed by atoms with van der Waals surface area (Å²) in [7, 11) is 2.66. The van der Waals surface area contributed by atoms with Gasteiger partial charge in [0.2, 0.25) is 0 Å². The molecule has 2 aromatic rings. The van der Waals surface area contributed by atoms with Crippen LogP contribution in [0.15, 0.2) is 42.5 Å². The fourth-order valence-electron chi connectivity index (χ4n) is 3.05. The Hall–Kier alpha value is -3.02. The second-order valence-electron chi connectivity index (χ2n) is 5.33. The predicted molar refractivity (Wildman–Crippen MR) is 84.5 cm³/mol. The standard InChI is InChI=1S/C18H16O6/c1-22-12-8-5-9-13-15(12)14(16(17(19)20)18(21)23-2)10-6-3-4-7-11(10)24-13/h3-9,14,16H,1-2H3,(H,19,20). The molecule has 0 aliphatic carbocycles. The normalized spacial score (nSPS) is 16.2. The Kier molecular flexibility index (Phi) is 4.12. The molecule has 2 aromatic carbocycles. The molecule has 0 radical (unpaired) electrons. The van der Waals surface area contributed by atoms with Gasteiger partial charge in [0, 0.05) is 17.0 Å². The summed E-state index contributed by atoms with van der Waals surface area (Å²) in [4.78, 5) is 24.0. The Morgan fingerprint density at radius 3 is 2.46 bits per heavy atom. The quantitative estimate of drug-likeness (QED) is 0.686. The van der Waals surface area contributed by atoms with Gasteiger partial charge in [-0.2, -0.15) is 0 Å². The van der Waals surface area contributed by atoms with Crippen LogP contribution in [0.2, 0.25) is 0 Å². The molecule has 0 amide bonds. The van der Waals surface area contributed by atoms with E-state index in [0.29, 0.717) is 28.4 Å². The number of hydrogen-bond acceptors (Lipinski definition) is 5. The lowest BCUT2D eigenvalue weighted by atomic mass is 9.78. The molecule has 6 heteroatoms. The largest absolute Gasteiger partial charge is 0.496 e. The minimum atomic E-state index is -1.41. The first-order valence-electron chi connectivity index (χ1n) is 7.32. The van der Waals surface area contributed by atoms with Crippen LogP contribution in [0.4, 0.5) is 0 Å². The van der Waals surface area contributed by atoms with E-state index in [-0.39, 0.29) is 0 Å². The Morgan fingerprint density at radius 1 is 1.08 bits per heavy atom. The number of carboxylic acids is 1. The number of carbonyl (C=O) groups excluding carboxylic acids is 1. The van der Waals surface area contributed by atoms with Crippen molar-refractivity contribution in [1.29, 1.82) is 0 Å². The molecular weight excluding hydrogens is 312 g/mol. The van der Waals surface area contributed by atoms with Gasteiger partial charge in [-0.3, -0.25) is 9.59 Å². The maximum Gasteiger partial charge on any atom is 0.321 e. The van der Waals surface area contributed by atoms with E-state index in [1.54, 1.807) is 42.5 Å². The highest BCUT2D eigenvalue weighted by Crippen LogP contribution is 2.51. The highest BCUT2D eigenvalue weighted by Gasteiger charge is 2.44. The zero-order valence-electron chi connectivity index (χ0n) is 13.2. The average molecular weight is 328 g/mol. The number of hydrogen-bond donors (Lipinski definition) is 1. The first-order valence-corrected chi connectivity index (χ1v) is 7.32. The van der Waals surface area contributed by atoms with Crippen LogP contribution in [-0.2, 0) is 14.3 Å². The third-order valence-corrected chi connectivity index (χ3v) is 4.09. The lowest BCUT2D eigenvalue weighted by Crippen LogP contribution is -2.33. The van der Waals surface area contributed by atoms with Gasteiger partial charge in [0.25, 0.3) is 0 Å². The number of para-hydroxylation sites is 1. The molecule has 0 spiro atoms. The summed E-state index contributed by atoms with van der Waals surface area (Å²) < 4.78 is 16.0. The molecule has 124 valence electrons. The van der Waals surface area contributed by atoms with Crippen molar-refractivity contribution in [1.82, 2.24) is 0 Å². The average Bonchev–Trinajstić information content (AvgIpc) is 2.60. The van der Waals surface area contributed by atoms with Crippen molar-refractivity contribution in [2.24, 2.45) is 5.92 Å². The maximum absolute atomic E-state index is 12.2. The number of carbonyl (C=O) groups is 2. The van der Waals surface area contributed by atoms with Crippen LogP contribution in [0.3, 0.4) is 0 Å². The molecule has 0 fully saturated rings. The third kappa shape index (κ3) is 2.46. The van der Waals surface area contributed by atoms with Gasteiger partial charge < -0.3 is 19.3 Å². The van der Waals surface area contributed by atoms with Crippen molar-refractivity contribution in [3.63, 3.8) is 0 Å². The molecular formula is C18H16O6. The second-order valence-corrected chi connectivity index (χ2v) is 5.33. The molecule has 1 N–H and O–H groups in total. The number of benzene rings is 2. The van der Waals surface area contributed by atoms with Gasteiger partial charge in [0.1, 0.15) is 17.2 Å². The Balaban J connectivity index is 2.28. The lowest BCUT2D eigenvalue weighted by molar-refractivity contribution is -0.157. The molecule has 0 saturated heterocycles. The smallest absolute Gasteiger partial charge is 0.321 e. The summed E-state index contributed by atoms with van der Waals surface area (Å²) in [5.74, 6) is -2.82. The zero-order chi connectivity index (χ0) is 17.3. The van der Waals surface area contributed by atoms with Crippen molar-refractivity contribution < 1.29 is 28.9 Å². The van der Waals surface area contributed by atoms with E-state index in [4.69, 9.17) is 14.2 Å². The molecule has 1 aliphatic heterocycles. The zero-order valence-corrected chi connectivity index (χ0v) is 13.2. The highest BCUT2D eigenvalue weighted by molar-refractivity contribution is 5.96. The summed E-state index contributed by atoms with van der Waals surface area (Å²) in [6.45, 7) is 0. The minimum absolute atomic E-state index is 0.460. The first-order chi connectivity index (χ1) is 11.6. The minimum Gasteiger partial charge on any atom is -0.496 e. The SMILES string of the molecule is COC(=O)C(C(=O)O)C1c2ccccc2Oc2cccc(OC)c21. The fourth-order valence-corrected chi connectivity index (χ4v) is 3.05. The van der Waals surface area contributed by atoms with Gasteiger partial charge in [-0.05, 0) is 18.2 Å². The van der Waals surface area contributed by atoms with Crippen molar-refractivity contribution in [2.75, 3.05) is 14.2 Å². The summed E-state index contributed by atoms with van der Waals surface area (Å²) in [5.41, 5.74) is 1.13. The van der Waals surface area contributed by atoms with Crippen LogP contribution < -0.4 is 9.47 Å². The van der Waals surface area contributed by atoms with E-state index >= 15 is 0 Å². The van der Waals surface area contributed by atoms with Gasteiger partial charge in [-0.1, -0.05) is 24.3 Å². The van der Waals surface area contributed by atoms with E-state index in [9.17, 15) is 14.7 Å². The van der Waals surface area contributed by atoms with Gasteiger partial charge in [0.05, 0.1) is 14.2 Å². The molecule has 24 heavy (non-hydrogen) atoms. The van der Waals surface area contributed by atoms with E-state index in [1.165, 1.54) is 14.2 Å². The number of carboxylic acid groups (broad SMARTS) is 1. The van der Waals surface area contributed by atoms with Crippen molar-refractivity contribution in [2.45, 2.75) is 5.92 Å². The highest BCUT2D eigenvalue weighted by atomic mass is 16.5. The van der Waals surface area contributed by atoms with Crippen LogP contribution in [0, 0.1) is 5.92 Å². The number of aliphatic carboxylic acids is 1. The van der Waals surface area contributed by atoms with Gasteiger partial charge in [-0.15, -0.1) is 0 Å². The molecule has 0 aromatic heterocycles. The lowest BCUT2D eigenvalue weighted by Gasteiger charge is -2.31. The van der Waals surface area contributed by atoms with Crippen LogP contribution in [-0.4, -0.2) is 31.3 Å². The van der Waals surface area contributed by atoms with Crippen LogP contribution >= 0.6 is 0 Å². The molecule has 3 rings (SSSR count). The summed E-state index contributed by atoms with van der Waals surface area (Å²) in [6, 6.07) is 12.2. The Labute approximate surface area is 138 Å². The van der Waals surface area contributed by atoms with Crippen molar-refractivity contribution in [3.8, 4) is 17.2 Å². The monoisotopic (exact) mass is 328 g/mol. The number of rotatable bonds is 4. The molecule has 1 heterocycles. The predicted octanol–water partition coefficient (Wildman–Crippen LogP) is 2.81. The summed E-state index contributed by atoms with van der Waals surface area (Å²) in [6.07, 6.45) is 0. The van der Waals surface area contributed by atoms with Crippen LogP contribution in [0.1, 0.15) is 17.0 Å². The van der Waals surface area contributed by atoms with Crippen LogP contribution in [0.5, 0.6) is 17.2 Å². The molecule has 2 atom stereocenters. The van der Waals surface area contributed by atoms with E-state index in [0.717, 1.165) is 0 Å². The number of fused-ring (bicyclic) bond motifs is 2. The van der Waals surface area contributed by atoms with Gasteiger partial charge in [0.15, 0.2) is 5.92 Å². The fraction of sp³-hybridized carbons (Fsp3) is 0.222. The van der Waals surface area contributed by atoms with E-state index in [2.05, 4.69) is 0 Å². The van der Waals surface area contributed by atoms with Crippen LogP contribution in [0.25, 0.3) is 0 Å². The number of esters is 1. The van der Waals surface area contributed by atoms with E-state index in [1.807, 2.05) is 0 Å². The van der Waals surface area contributed by atoms with Crippen molar-refractivity contribution >= 4 is 11.9 Å². The number of methoxy groups -OCH3 is 2. The van der Waals surface area contributed by atoms with Gasteiger partial charge >= 0.3 is 11.9 Å². The van der Waals surface area contributed by atoms with Gasteiger partial charge in [-0.25, -0.2) is 0 Å². The third-order valence-electron chi connectivity index (χ3n) is 4.09. The summed E-state index contributed by atoms with van der Waals surface area (Å²) in [5, 5.41) is 9.66.